The monoisotopic (exact) mass is 399 g/mol. The minimum absolute atomic E-state index is 0.142. The number of likely N-dealkylation sites (tertiary alicyclic amines) is 1. The Bertz CT molecular complexity index is 930. The van der Waals surface area contributed by atoms with Crippen molar-refractivity contribution in [1.29, 1.82) is 0 Å². The number of aliphatic imine (C=N–C) groups is 1. The molecule has 7 heteroatoms. The summed E-state index contributed by atoms with van der Waals surface area (Å²) >= 11 is 1.65. The van der Waals surface area contributed by atoms with Crippen molar-refractivity contribution in [1.82, 2.24) is 4.90 Å². The molecule has 0 saturated carbocycles. The molecule has 146 valence electrons. The number of nitrogens with zero attached hydrogens (tertiary/aromatic N) is 3. The van der Waals surface area contributed by atoms with E-state index in [-0.39, 0.29) is 12.6 Å². The SMILES string of the molecule is CS/C(=N/c1ccc2c(c1)OCO2)N1CC(N2CCCc3cc(F)ccc32)C1. The molecule has 3 aliphatic heterocycles. The predicted molar refractivity (Wildman–Crippen MR) is 111 cm³/mol. The van der Waals surface area contributed by atoms with E-state index in [0.717, 1.165) is 60.4 Å². The molecular formula is C21H22FN3O2S. The van der Waals surface area contributed by atoms with Crippen molar-refractivity contribution in [3.05, 3.63) is 47.8 Å². The van der Waals surface area contributed by atoms with E-state index in [1.165, 1.54) is 5.69 Å². The number of hydrogen-bond donors (Lipinski definition) is 0. The van der Waals surface area contributed by atoms with E-state index >= 15 is 0 Å². The molecule has 3 aliphatic rings. The third-order valence-corrected chi connectivity index (χ3v) is 6.25. The second kappa shape index (κ2) is 7.20. The maximum Gasteiger partial charge on any atom is 0.231 e. The van der Waals surface area contributed by atoms with E-state index in [1.807, 2.05) is 24.3 Å². The van der Waals surface area contributed by atoms with Gasteiger partial charge >= 0.3 is 0 Å². The lowest BCUT2D eigenvalue weighted by Crippen LogP contribution is -2.61. The molecule has 2 aromatic carbocycles. The van der Waals surface area contributed by atoms with Crippen molar-refractivity contribution < 1.29 is 13.9 Å². The highest BCUT2D eigenvalue weighted by molar-refractivity contribution is 8.13. The molecule has 1 fully saturated rings. The molecule has 0 atom stereocenters. The average Bonchev–Trinajstić information content (AvgIpc) is 3.13. The van der Waals surface area contributed by atoms with Crippen LogP contribution in [-0.4, -0.2) is 48.8 Å². The molecule has 0 unspecified atom stereocenters. The Morgan fingerprint density at radius 2 is 2.00 bits per heavy atom. The van der Waals surface area contributed by atoms with Gasteiger partial charge in [0.15, 0.2) is 16.7 Å². The van der Waals surface area contributed by atoms with Gasteiger partial charge in [0.2, 0.25) is 6.79 Å². The molecule has 5 nitrogen and oxygen atoms in total. The van der Waals surface area contributed by atoms with Crippen molar-refractivity contribution in [3.8, 4) is 11.5 Å². The van der Waals surface area contributed by atoms with Crippen molar-refractivity contribution in [2.45, 2.75) is 18.9 Å². The third kappa shape index (κ3) is 3.17. The Morgan fingerprint density at radius 3 is 2.86 bits per heavy atom. The van der Waals surface area contributed by atoms with Gasteiger partial charge in [-0.05, 0) is 55.0 Å². The van der Waals surface area contributed by atoms with E-state index in [9.17, 15) is 4.39 Å². The Labute approximate surface area is 168 Å². The molecule has 0 aromatic heterocycles. The number of aryl methyl sites for hydroxylation is 1. The van der Waals surface area contributed by atoms with Crippen LogP contribution in [0.15, 0.2) is 41.4 Å². The molecule has 0 radical (unpaired) electrons. The summed E-state index contributed by atoms with van der Waals surface area (Å²) < 4.78 is 24.4. The number of anilines is 1. The average molecular weight is 399 g/mol. The van der Waals surface area contributed by atoms with Gasteiger partial charge in [-0.15, -0.1) is 0 Å². The number of thioether (sulfide) groups is 1. The van der Waals surface area contributed by atoms with Crippen LogP contribution in [0.3, 0.4) is 0 Å². The van der Waals surface area contributed by atoms with Crippen LogP contribution in [0.5, 0.6) is 11.5 Å². The predicted octanol–water partition coefficient (Wildman–Crippen LogP) is 4.04. The molecule has 0 bridgehead atoms. The highest BCUT2D eigenvalue weighted by Crippen LogP contribution is 2.36. The summed E-state index contributed by atoms with van der Waals surface area (Å²) in [6.07, 6.45) is 4.09. The maximum atomic E-state index is 13.6. The van der Waals surface area contributed by atoms with Crippen LogP contribution in [0, 0.1) is 5.82 Å². The van der Waals surface area contributed by atoms with Gasteiger partial charge in [0.05, 0.1) is 11.7 Å². The first-order valence-electron chi connectivity index (χ1n) is 9.53. The summed E-state index contributed by atoms with van der Waals surface area (Å²) in [7, 11) is 0. The van der Waals surface area contributed by atoms with Gasteiger partial charge < -0.3 is 19.3 Å². The normalized spacial score (nSPS) is 18.9. The summed E-state index contributed by atoms with van der Waals surface area (Å²) in [5.74, 6) is 1.38. The zero-order valence-electron chi connectivity index (χ0n) is 15.7. The molecule has 0 aliphatic carbocycles. The molecule has 0 amide bonds. The fourth-order valence-corrected chi connectivity index (χ4v) is 4.70. The molecule has 0 spiro atoms. The van der Waals surface area contributed by atoms with Crippen LogP contribution < -0.4 is 14.4 Å². The zero-order valence-corrected chi connectivity index (χ0v) is 16.5. The fraction of sp³-hybridized carbons (Fsp3) is 0.381. The molecule has 2 aromatic rings. The van der Waals surface area contributed by atoms with Gasteiger partial charge in [-0.3, -0.25) is 0 Å². The van der Waals surface area contributed by atoms with Crippen molar-refractivity contribution in [2.75, 3.05) is 37.6 Å². The highest BCUT2D eigenvalue weighted by Gasteiger charge is 2.35. The summed E-state index contributed by atoms with van der Waals surface area (Å²) in [6, 6.07) is 11.4. The van der Waals surface area contributed by atoms with E-state index in [1.54, 1.807) is 23.9 Å². The maximum absolute atomic E-state index is 13.6. The number of hydrogen-bond acceptors (Lipinski definition) is 5. The first-order valence-corrected chi connectivity index (χ1v) is 10.8. The third-order valence-electron chi connectivity index (χ3n) is 5.53. The number of ether oxygens (including phenoxy) is 2. The van der Waals surface area contributed by atoms with Gasteiger partial charge in [-0.2, -0.15) is 0 Å². The number of benzene rings is 2. The lowest BCUT2D eigenvalue weighted by atomic mass is 9.97. The van der Waals surface area contributed by atoms with Crippen LogP contribution in [0.4, 0.5) is 15.8 Å². The summed E-state index contributed by atoms with van der Waals surface area (Å²) in [6.45, 7) is 3.17. The minimum Gasteiger partial charge on any atom is -0.454 e. The lowest BCUT2D eigenvalue weighted by molar-refractivity contribution is 0.174. The highest BCUT2D eigenvalue weighted by atomic mass is 32.2. The van der Waals surface area contributed by atoms with Gasteiger partial charge in [0.1, 0.15) is 5.82 Å². The van der Waals surface area contributed by atoms with E-state index < -0.39 is 0 Å². The number of amidine groups is 1. The quantitative estimate of drug-likeness (QED) is 0.563. The second-order valence-electron chi connectivity index (χ2n) is 7.26. The van der Waals surface area contributed by atoms with Crippen LogP contribution in [0.2, 0.25) is 0 Å². The summed E-state index contributed by atoms with van der Waals surface area (Å²) in [4.78, 5) is 9.56. The van der Waals surface area contributed by atoms with E-state index in [2.05, 4.69) is 16.1 Å². The van der Waals surface area contributed by atoms with Crippen molar-refractivity contribution >= 4 is 28.3 Å². The molecule has 5 rings (SSSR count). The first kappa shape index (κ1) is 17.7. The second-order valence-corrected chi connectivity index (χ2v) is 8.04. The first-order chi connectivity index (χ1) is 13.7. The molecule has 1 saturated heterocycles. The fourth-order valence-electron chi connectivity index (χ4n) is 4.09. The van der Waals surface area contributed by atoms with Crippen molar-refractivity contribution in [2.24, 2.45) is 4.99 Å². The van der Waals surface area contributed by atoms with Gasteiger partial charge in [0, 0.05) is 31.4 Å². The Kier molecular flexibility index (Phi) is 4.55. The largest absolute Gasteiger partial charge is 0.454 e. The van der Waals surface area contributed by atoms with Gasteiger partial charge in [-0.25, -0.2) is 9.38 Å². The van der Waals surface area contributed by atoms with E-state index in [0.29, 0.717) is 6.04 Å². The van der Waals surface area contributed by atoms with Crippen LogP contribution in [-0.2, 0) is 6.42 Å². The molecule has 0 N–H and O–H groups in total. The molecular weight excluding hydrogens is 377 g/mol. The number of rotatable bonds is 2. The molecule has 3 heterocycles. The van der Waals surface area contributed by atoms with Gasteiger partial charge in [-0.1, -0.05) is 11.8 Å². The Balaban J connectivity index is 1.30. The van der Waals surface area contributed by atoms with Crippen LogP contribution in [0.25, 0.3) is 0 Å². The number of fused-ring (bicyclic) bond motifs is 2. The summed E-state index contributed by atoms with van der Waals surface area (Å²) in [5.41, 5.74) is 3.19. The van der Waals surface area contributed by atoms with Crippen molar-refractivity contribution in [3.63, 3.8) is 0 Å². The smallest absolute Gasteiger partial charge is 0.231 e. The topological polar surface area (TPSA) is 37.3 Å². The van der Waals surface area contributed by atoms with Crippen LogP contribution >= 0.6 is 11.8 Å². The number of halogens is 1. The van der Waals surface area contributed by atoms with Crippen LogP contribution in [0.1, 0.15) is 12.0 Å². The Hall–Kier alpha value is -2.41. The standard InChI is InChI=1S/C21H22FN3O2S/c1-28-21(23-16-5-7-19-20(10-16)27-13-26-19)24-11-17(12-24)25-8-2-3-14-9-15(22)4-6-18(14)25/h4-7,9-10,17H,2-3,8,11-13H2,1H3/b23-21+. The lowest BCUT2D eigenvalue weighted by Gasteiger charge is -2.49. The van der Waals surface area contributed by atoms with Gasteiger partial charge in [0.25, 0.3) is 0 Å². The van der Waals surface area contributed by atoms with E-state index in [4.69, 9.17) is 14.5 Å². The Morgan fingerprint density at radius 1 is 1.14 bits per heavy atom. The summed E-state index contributed by atoms with van der Waals surface area (Å²) in [5, 5.41) is 1.01. The molecule has 28 heavy (non-hydrogen) atoms. The zero-order chi connectivity index (χ0) is 19.1. The minimum atomic E-state index is -0.142.